The third kappa shape index (κ3) is 4.44. The molecule has 5 nitrogen and oxygen atoms in total. The molecule has 1 aliphatic heterocycles. The highest BCUT2D eigenvalue weighted by atomic mass is 35.5. The van der Waals surface area contributed by atoms with E-state index >= 15 is 0 Å². The van der Waals surface area contributed by atoms with Gasteiger partial charge in [-0.3, -0.25) is 0 Å². The Morgan fingerprint density at radius 1 is 1.09 bits per heavy atom. The van der Waals surface area contributed by atoms with Crippen LogP contribution in [0, 0.1) is 6.92 Å². The summed E-state index contributed by atoms with van der Waals surface area (Å²) in [6, 6.07) is 19.8. The van der Waals surface area contributed by atoms with Gasteiger partial charge in [0.2, 0.25) is 5.82 Å². The number of thiophene rings is 1. The normalized spacial score (nSPS) is 16.3. The summed E-state index contributed by atoms with van der Waals surface area (Å²) in [4.78, 5) is 8.06. The smallest absolute Gasteiger partial charge is 0.258 e. The average molecular weight is 493 g/mol. The van der Waals surface area contributed by atoms with Crippen molar-refractivity contribution >= 4 is 45.8 Å². The van der Waals surface area contributed by atoms with Crippen molar-refractivity contribution in [1.82, 2.24) is 20.4 Å². The van der Waals surface area contributed by atoms with Crippen LogP contribution in [-0.2, 0) is 6.54 Å². The lowest BCUT2D eigenvalue weighted by atomic mass is 9.94. The number of allylic oxidation sites excluding steroid dienone is 1. The first-order chi connectivity index (χ1) is 16.0. The molecule has 2 aromatic heterocycles. The maximum atomic E-state index is 6.03. The molecule has 4 aromatic rings. The maximum absolute atomic E-state index is 6.03. The Balaban J connectivity index is 1.59. The van der Waals surface area contributed by atoms with Crippen molar-refractivity contribution in [2.75, 3.05) is 0 Å². The second-order valence-electron chi connectivity index (χ2n) is 7.89. The molecule has 2 aromatic carbocycles. The second kappa shape index (κ2) is 9.09. The fourth-order valence-electron chi connectivity index (χ4n) is 3.87. The highest BCUT2D eigenvalue weighted by Gasteiger charge is 2.34. The van der Waals surface area contributed by atoms with Crippen LogP contribution < -0.4 is 5.32 Å². The lowest BCUT2D eigenvalue weighted by Gasteiger charge is -2.37. The minimum absolute atomic E-state index is 0.198. The van der Waals surface area contributed by atoms with Gasteiger partial charge in [-0.2, -0.15) is 4.98 Å². The van der Waals surface area contributed by atoms with E-state index in [1.807, 2.05) is 30.3 Å². The van der Waals surface area contributed by atoms with Gasteiger partial charge in [-0.15, -0.1) is 11.3 Å². The molecule has 0 aliphatic carbocycles. The molecule has 0 spiro atoms. The Bertz CT molecular complexity index is 1310. The van der Waals surface area contributed by atoms with Crippen LogP contribution in [0.2, 0.25) is 5.02 Å². The molecule has 33 heavy (non-hydrogen) atoms. The molecule has 0 saturated carbocycles. The highest BCUT2D eigenvalue weighted by Crippen LogP contribution is 2.38. The molecule has 8 heteroatoms. The van der Waals surface area contributed by atoms with E-state index in [2.05, 4.69) is 64.9 Å². The van der Waals surface area contributed by atoms with Crippen LogP contribution in [0.5, 0.6) is 0 Å². The number of hydrogen-bond acceptors (Lipinski definition) is 5. The van der Waals surface area contributed by atoms with Gasteiger partial charge in [-0.05, 0) is 67.3 Å². The first kappa shape index (κ1) is 21.8. The number of halogens is 1. The van der Waals surface area contributed by atoms with Gasteiger partial charge in [0.05, 0.1) is 18.2 Å². The number of nitrogens with zero attached hydrogens (tertiary/aromatic N) is 3. The number of rotatable bonds is 5. The molecule has 1 aliphatic rings. The third-order valence-corrected chi connectivity index (χ3v) is 7.11. The molecule has 0 saturated heterocycles. The van der Waals surface area contributed by atoms with E-state index in [-0.39, 0.29) is 6.04 Å². The first-order valence-corrected chi connectivity index (χ1v) is 12.1. The Hall–Kier alpha value is -3.00. The standard InChI is InChI=1S/C25H21ClN4OS2/c1-15-5-7-17(8-6-15)22-21(16(2)30(25(32)27-22)14-20-4-3-13-33-20)24-28-23(29-31-24)18-9-11-19(26)12-10-18/h3-13,22H,14H2,1-2H3,(H,27,32). The van der Waals surface area contributed by atoms with E-state index in [9.17, 15) is 0 Å². The summed E-state index contributed by atoms with van der Waals surface area (Å²) in [5, 5.41) is 11.2. The van der Waals surface area contributed by atoms with Crippen molar-refractivity contribution in [2.45, 2.75) is 26.4 Å². The quantitative estimate of drug-likeness (QED) is 0.316. The van der Waals surface area contributed by atoms with E-state index in [0.29, 0.717) is 28.4 Å². The lowest BCUT2D eigenvalue weighted by molar-refractivity contribution is 0.396. The van der Waals surface area contributed by atoms with E-state index in [1.165, 1.54) is 10.4 Å². The zero-order chi connectivity index (χ0) is 22.9. The van der Waals surface area contributed by atoms with Crippen LogP contribution in [0.3, 0.4) is 0 Å². The summed E-state index contributed by atoms with van der Waals surface area (Å²) < 4.78 is 5.79. The molecule has 0 amide bonds. The minimum atomic E-state index is -0.198. The van der Waals surface area contributed by atoms with E-state index in [0.717, 1.165) is 22.4 Å². The van der Waals surface area contributed by atoms with Crippen LogP contribution in [-0.4, -0.2) is 20.2 Å². The van der Waals surface area contributed by atoms with Gasteiger partial charge in [0, 0.05) is 21.2 Å². The van der Waals surface area contributed by atoms with Crippen LogP contribution in [0.4, 0.5) is 0 Å². The van der Waals surface area contributed by atoms with Gasteiger partial charge in [0.15, 0.2) is 5.11 Å². The van der Waals surface area contributed by atoms with Gasteiger partial charge < -0.3 is 14.7 Å². The fourth-order valence-corrected chi connectivity index (χ4v) is 5.00. The molecule has 3 heterocycles. The zero-order valence-corrected chi connectivity index (χ0v) is 20.5. The monoisotopic (exact) mass is 492 g/mol. The minimum Gasteiger partial charge on any atom is -0.351 e. The number of benzene rings is 2. The second-order valence-corrected chi connectivity index (χ2v) is 9.74. The topological polar surface area (TPSA) is 54.2 Å². The van der Waals surface area contributed by atoms with Crippen LogP contribution in [0.1, 0.15) is 34.9 Å². The summed E-state index contributed by atoms with van der Waals surface area (Å²) in [5.74, 6) is 0.983. The van der Waals surface area contributed by atoms with Crippen molar-refractivity contribution in [3.8, 4) is 11.4 Å². The Morgan fingerprint density at radius 3 is 2.55 bits per heavy atom. The SMILES string of the molecule is CC1=C(c2nc(-c3ccc(Cl)cc3)no2)C(c2ccc(C)cc2)NC(=S)N1Cc1cccs1. The number of nitrogens with one attached hydrogen (secondary N) is 1. The summed E-state index contributed by atoms with van der Waals surface area (Å²) in [5.41, 5.74) is 5.02. The predicted octanol–water partition coefficient (Wildman–Crippen LogP) is 6.62. The summed E-state index contributed by atoms with van der Waals surface area (Å²) >= 11 is 13.5. The first-order valence-electron chi connectivity index (χ1n) is 10.5. The van der Waals surface area contributed by atoms with Crippen molar-refractivity contribution in [3.63, 3.8) is 0 Å². The largest absolute Gasteiger partial charge is 0.351 e. The number of aryl methyl sites for hydroxylation is 1. The van der Waals surface area contributed by atoms with Crippen molar-refractivity contribution in [3.05, 3.63) is 98.7 Å². The molecule has 0 fully saturated rings. The van der Waals surface area contributed by atoms with Crippen LogP contribution in [0.25, 0.3) is 17.0 Å². The zero-order valence-electron chi connectivity index (χ0n) is 18.1. The van der Waals surface area contributed by atoms with Gasteiger partial charge in [-0.25, -0.2) is 0 Å². The molecule has 1 unspecified atom stereocenters. The van der Waals surface area contributed by atoms with Crippen LogP contribution >= 0.6 is 35.2 Å². The van der Waals surface area contributed by atoms with Gasteiger partial charge in [-0.1, -0.05) is 52.7 Å². The molecular formula is C25H21ClN4OS2. The molecule has 1 atom stereocenters. The highest BCUT2D eigenvalue weighted by molar-refractivity contribution is 7.80. The molecule has 0 bridgehead atoms. The molecule has 0 radical (unpaired) electrons. The van der Waals surface area contributed by atoms with Crippen LogP contribution in [0.15, 0.2) is 76.3 Å². The summed E-state index contributed by atoms with van der Waals surface area (Å²) in [6.07, 6.45) is 0. The molecule has 166 valence electrons. The van der Waals surface area contributed by atoms with Gasteiger partial charge >= 0.3 is 0 Å². The fraction of sp³-hybridized carbons (Fsp3) is 0.160. The van der Waals surface area contributed by atoms with E-state index in [1.54, 1.807) is 11.3 Å². The third-order valence-electron chi connectivity index (χ3n) is 5.66. The Labute approximate surface area is 206 Å². The maximum Gasteiger partial charge on any atom is 0.258 e. The predicted molar refractivity (Wildman–Crippen MR) is 137 cm³/mol. The number of aromatic nitrogens is 2. The summed E-state index contributed by atoms with van der Waals surface area (Å²) in [6.45, 7) is 4.81. The molecule has 5 rings (SSSR count). The summed E-state index contributed by atoms with van der Waals surface area (Å²) in [7, 11) is 0. The van der Waals surface area contributed by atoms with Crippen molar-refractivity contribution in [1.29, 1.82) is 0 Å². The van der Waals surface area contributed by atoms with E-state index < -0.39 is 0 Å². The van der Waals surface area contributed by atoms with Crippen molar-refractivity contribution < 1.29 is 4.52 Å². The van der Waals surface area contributed by atoms with E-state index in [4.69, 9.17) is 33.3 Å². The molecule has 1 N–H and O–H groups in total. The Kier molecular flexibility index (Phi) is 6.01. The lowest BCUT2D eigenvalue weighted by Crippen LogP contribution is -2.45. The number of thiocarbonyl (C=S) groups is 1. The van der Waals surface area contributed by atoms with Crippen molar-refractivity contribution in [2.24, 2.45) is 0 Å². The Morgan fingerprint density at radius 2 is 1.85 bits per heavy atom. The molecular weight excluding hydrogens is 472 g/mol. The van der Waals surface area contributed by atoms with Gasteiger partial charge in [0.25, 0.3) is 5.89 Å². The number of hydrogen-bond donors (Lipinski definition) is 1. The van der Waals surface area contributed by atoms with Gasteiger partial charge in [0.1, 0.15) is 0 Å². The average Bonchev–Trinajstić information content (AvgIpc) is 3.50.